The molecule has 6 heteroatoms. The summed E-state index contributed by atoms with van der Waals surface area (Å²) in [5.74, 6) is -0.486. The molecule has 0 unspecified atom stereocenters. The number of esters is 1. The van der Waals surface area contributed by atoms with Gasteiger partial charge < -0.3 is 10.1 Å². The molecule has 0 saturated carbocycles. The smallest absolute Gasteiger partial charge is 0.310 e. The summed E-state index contributed by atoms with van der Waals surface area (Å²) in [7, 11) is 0. The summed E-state index contributed by atoms with van der Waals surface area (Å²) in [4.78, 5) is 25.9. The van der Waals surface area contributed by atoms with Gasteiger partial charge in [-0.1, -0.05) is 30.9 Å². The van der Waals surface area contributed by atoms with Crippen molar-refractivity contribution in [2.45, 2.75) is 25.2 Å². The van der Waals surface area contributed by atoms with E-state index >= 15 is 0 Å². The number of benzene rings is 1. The van der Waals surface area contributed by atoms with Crippen LogP contribution < -0.4 is 5.32 Å². The maximum atomic E-state index is 12.6. The molecule has 0 radical (unpaired) electrons. The Kier molecular flexibility index (Phi) is 8.96. The summed E-state index contributed by atoms with van der Waals surface area (Å²) in [5, 5.41) is 4.87. The van der Waals surface area contributed by atoms with Crippen LogP contribution >= 0.6 is 23.1 Å². The monoisotopic (exact) mass is 427 g/mol. The lowest BCUT2D eigenvalue weighted by atomic mass is 10.1. The highest BCUT2D eigenvalue weighted by Crippen LogP contribution is 2.27. The number of rotatable bonds is 9. The van der Waals surface area contributed by atoms with Crippen LogP contribution in [0.3, 0.4) is 0 Å². The molecular formula is C23H25NO3S2. The third-order valence-corrected chi connectivity index (χ3v) is 5.66. The summed E-state index contributed by atoms with van der Waals surface area (Å²) in [6, 6.07) is 10.2. The van der Waals surface area contributed by atoms with Crippen molar-refractivity contribution in [3.63, 3.8) is 0 Å². The van der Waals surface area contributed by atoms with Gasteiger partial charge in [-0.05, 0) is 66.5 Å². The molecule has 0 aliphatic heterocycles. The van der Waals surface area contributed by atoms with Gasteiger partial charge in [0.2, 0.25) is 0 Å². The third-order valence-electron chi connectivity index (χ3n) is 3.99. The lowest BCUT2D eigenvalue weighted by molar-refractivity contribution is -0.142. The van der Waals surface area contributed by atoms with Crippen LogP contribution in [0.2, 0.25) is 0 Å². The largest absolute Gasteiger partial charge is 0.466 e. The summed E-state index contributed by atoms with van der Waals surface area (Å²) in [6.45, 7) is 7.78. The third kappa shape index (κ3) is 7.07. The number of carbonyl (C=O) groups is 2. The number of ether oxygens (including phenoxy) is 1. The first-order chi connectivity index (χ1) is 14.0. The maximum Gasteiger partial charge on any atom is 0.310 e. The second kappa shape index (κ2) is 11.4. The molecule has 2 aromatic rings. The van der Waals surface area contributed by atoms with E-state index in [2.05, 4.69) is 36.2 Å². The van der Waals surface area contributed by atoms with Crippen molar-refractivity contribution >= 4 is 35.0 Å². The normalized spacial score (nSPS) is 11.5. The average Bonchev–Trinajstić information content (AvgIpc) is 3.21. The fraction of sp³-hybridized carbons (Fsp3) is 0.217. The van der Waals surface area contributed by atoms with Crippen molar-refractivity contribution in [1.29, 1.82) is 0 Å². The molecule has 29 heavy (non-hydrogen) atoms. The minimum Gasteiger partial charge on any atom is -0.466 e. The summed E-state index contributed by atoms with van der Waals surface area (Å²) >= 11 is 3.10. The molecule has 0 bridgehead atoms. The Morgan fingerprint density at radius 3 is 2.55 bits per heavy atom. The Morgan fingerprint density at radius 1 is 1.21 bits per heavy atom. The van der Waals surface area contributed by atoms with Crippen molar-refractivity contribution in [3.8, 4) is 11.1 Å². The number of hydrogen-bond acceptors (Lipinski definition) is 5. The molecule has 4 nitrogen and oxygen atoms in total. The minimum absolute atomic E-state index is 0.124. The second-order valence-corrected chi connectivity index (χ2v) is 7.89. The van der Waals surface area contributed by atoms with Gasteiger partial charge in [0.1, 0.15) is 0 Å². The number of thiophene rings is 1. The number of thioether (sulfide) groups is 1. The van der Waals surface area contributed by atoms with Gasteiger partial charge in [0.15, 0.2) is 0 Å². The van der Waals surface area contributed by atoms with Gasteiger partial charge in [-0.2, -0.15) is 0 Å². The zero-order chi connectivity index (χ0) is 21.2. The molecule has 152 valence electrons. The lowest BCUT2D eigenvalue weighted by Crippen LogP contribution is -2.20. The van der Waals surface area contributed by atoms with Gasteiger partial charge in [-0.3, -0.25) is 9.59 Å². The van der Waals surface area contributed by atoms with Crippen molar-refractivity contribution < 1.29 is 14.3 Å². The average molecular weight is 428 g/mol. The Morgan fingerprint density at radius 2 is 1.93 bits per heavy atom. The van der Waals surface area contributed by atoms with Gasteiger partial charge >= 0.3 is 5.97 Å². The molecule has 1 N–H and O–H groups in total. The van der Waals surface area contributed by atoms with E-state index in [4.69, 9.17) is 4.74 Å². The van der Waals surface area contributed by atoms with Crippen LogP contribution in [0.25, 0.3) is 11.1 Å². The van der Waals surface area contributed by atoms with Crippen molar-refractivity contribution in [2.75, 3.05) is 12.9 Å². The Hall–Kier alpha value is -2.57. The molecule has 1 heterocycles. The molecule has 1 aromatic carbocycles. The van der Waals surface area contributed by atoms with Crippen LogP contribution in [0.5, 0.6) is 0 Å². The molecular weight excluding hydrogens is 402 g/mol. The van der Waals surface area contributed by atoms with E-state index < -0.39 is 0 Å². The topological polar surface area (TPSA) is 55.4 Å². The quantitative estimate of drug-likeness (QED) is 0.310. The number of allylic oxidation sites excluding steroid dienone is 3. The number of amides is 1. The van der Waals surface area contributed by atoms with Crippen LogP contribution in [0, 0.1) is 0 Å². The first-order valence-electron chi connectivity index (χ1n) is 9.19. The molecule has 0 spiro atoms. The zero-order valence-corrected chi connectivity index (χ0v) is 18.5. The summed E-state index contributed by atoms with van der Waals surface area (Å²) in [6.07, 6.45) is 7.40. The Labute approximate surface area is 180 Å². The predicted octanol–water partition coefficient (Wildman–Crippen LogP) is 5.84. The van der Waals surface area contributed by atoms with Crippen LogP contribution in [-0.2, 0) is 9.53 Å². The molecule has 0 atom stereocenters. The molecule has 1 amide bonds. The fourth-order valence-corrected chi connectivity index (χ4v) is 3.68. The highest BCUT2D eigenvalue weighted by Gasteiger charge is 2.11. The fourth-order valence-electron chi connectivity index (χ4n) is 2.46. The van der Waals surface area contributed by atoms with E-state index in [1.165, 1.54) is 16.2 Å². The van der Waals surface area contributed by atoms with Crippen molar-refractivity contribution in [1.82, 2.24) is 5.32 Å². The number of hydrogen-bond donors (Lipinski definition) is 1. The first kappa shape index (κ1) is 22.7. The Bertz CT molecular complexity index is 924. The summed E-state index contributed by atoms with van der Waals surface area (Å²) < 4.78 is 4.90. The zero-order valence-electron chi connectivity index (χ0n) is 16.9. The Balaban J connectivity index is 1.99. The molecule has 0 aliphatic rings. The van der Waals surface area contributed by atoms with Crippen molar-refractivity contribution in [2.24, 2.45) is 0 Å². The highest BCUT2D eigenvalue weighted by atomic mass is 32.2. The van der Waals surface area contributed by atoms with E-state index in [0.29, 0.717) is 22.8 Å². The van der Waals surface area contributed by atoms with E-state index in [0.717, 1.165) is 11.1 Å². The highest BCUT2D eigenvalue weighted by molar-refractivity contribution is 7.98. The molecule has 2 rings (SSSR count). The summed E-state index contributed by atoms with van der Waals surface area (Å²) in [5.41, 5.74) is 3.36. The van der Waals surface area contributed by atoms with Crippen LogP contribution in [0.15, 0.2) is 76.7 Å². The first-order valence-corrected chi connectivity index (χ1v) is 11.3. The van der Waals surface area contributed by atoms with Gasteiger partial charge in [0.05, 0.1) is 17.9 Å². The molecule has 0 saturated heterocycles. The number of carbonyl (C=O) groups excluding carboxylic acids is 2. The maximum absolute atomic E-state index is 12.6. The van der Waals surface area contributed by atoms with E-state index in [1.807, 2.05) is 24.6 Å². The van der Waals surface area contributed by atoms with E-state index in [9.17, 15) is 9.59 Å². The SMILES string of the molecule is C=C(/C=C\C(=C/C)NC(=O)c1cc(-c2ccc(SC)cc2)cs1)CC(=O)OCC. The van der Waals surface area contributed by atoms with E-state index in [-0.39, 0.29) is 18.3 Å². The van der Waals surface area contributed by atoms with E-state index in [1.54, 1.807) is 36.9 Å². The predicted molar refractivity (Wildman–Crippen MR) is 122 cm³/mol. The second-order valence-electron chi connectivity index (χ2n) is 6.10. The van der Waals surface area contributed by atoms with Crippen LogP contribution in [0.1, 0.15) is 29.9 Å². The molecule has 1 aromatic heterocycles. The number of nitrogens with one attached hydrogen (secondary N) is 1. The van der Waals surface area contributed by atoms with Gasteiger partial charge in [-0.25, -0.2) is 0 Å². The standard InChI is InChI=1S/C23H25NO3S2/c1-5-19(10-7-16(3)13-22(25)27-6-2)24-23(26)21-14-18(15-29-21)17-8-11-20(28-4)12-9-17/h5,7-12,14-15H,3,6,13H2,1-2,4H3,(H,24,26)/b10-7-,19-5+. The van der Waals surface area contributed by atoms with Gasteiger partial charge in [-0.15, -0.1) is 23.1 Å². The van der Waals surface area contributed by atoms with Gasteiger partial charge in [0.25, 0.3) is 5.91 Å². The van der Waals surface area contributed by atoms with Crippen LogP contribution in [-0.4, -0.2) is 24.7 Å². The van der Waals surface area contributed by atoms with Crippen LogP contribution in [0.4, 0.5) is 0 Å². The molecule has 0 fully saturated rings. The van der Waals surface area contributed by atoms with Gasteiger partial charge in [0, 0.05) is 10.6 Å². The minimum atomic E-state index is -0.315. The molecule has 0 aliphatic carbocycles. The van der Waals surface area contributed by atoms with Crippen molar-refractivity contribution in [3.05, 3.63) is 76.7 Å². The lowest BCUT2D eigenvalue weighted by Gasteiger charge is -2.05.